The van der Waals surface area contributed by atoms with E-state index in [0.29, 0.717) is 0 Å². The molecular formula is C11H14N4S. The molecule has 4 nitrogen and oxygen atoms in total. The van der Waals surface area contributed by atoms with Crippen LogP contribution in [-0.4, -0.2) is 14.8 Å². The zero-order valence-electron chi connectivity index (χ0n) is 9.18. The predicted molar refractivity (Wildman–Crippen MR) is 64.2 cm³/mol. The molecule has 0 fully saturated rings. The van der Waals surface area contributed by atoms with E-state index in [2.05, 4.69) is 10.1 Å². The third-order valence-electron chi connectivity index (χ3n) is 2.95. The minimum atomic E-state index is 0.130. The average Bonchev–Trinajstić information content (AvgIpc) is 2.84. The highest BCUT2D eigenvalue weighted by molar-refractivity contribution is 7.15. The Morgan fingerprint density at radius 3 is 3.12 bits per heavy atom. The molecule has 2 heterocycles. The Morgan fingerprint density at radius 2 is 2.44 bits per heavy atom. The van der Waals surface area contributed by atoms with E-state index in [9.17, 15) is 0 Å². The largest absolute Gasteiger partial charge is 0.323 e. The Hall–Kier alpha value is -1.20. The Morgan fingerprint density at radius 1 is 1.56 bits per heavy atom. The van der Waals surface area contributed by atoms with Gasteiger partial charge in [-0.1, -0.05) is 0 Å². The molecule has 0 amide bonds. The van der Waals surface area contributed by atoms with Crippen LogP contribution in [0.2, 0.25) is 0 Å². The van der Waals surface area contributed by atoms with Gasteiger partial charge in [0, 0.05) is 29.7 Å². The molecule has 0 saturated heterocycles. The van der Waals surface area contributed by atoms with Gasteiger partial charge in [-0.2, -0.15) is 5.10 Å². The van der Waals surface area contributed by atoms with Gasteiger partial charge in [0.1, 0.15) is 5.01 Å². The quantitative estimate of drug-likeness (QED) is 0.819. The van der Waals surface area contributed by atoms with Gasteiger partial charge in [0.2, 0.25) is 0 Å². The number of aromatic nitrogens is 3. The van der Waals surface area contributed by atoms with Crippen LogP contribution >= 0.6 is 11.3 Å². The molecule has 84 valence electrons. The first-order chi connectivity index (χ1) is 7.74. The van der Waals surface area contributed by atoms with Crippen molar-refractivity contribution < 1.29 is 0 Å². The van der Waals surface area contributed by atoms with Gasteiger partial charge in [0.25, 0.3) is 0 Å². The van der Waals surface area contributed by atoms with Crippen molar-refractivity contribution in [2.75, 3.05) is 0 Å². The van der Waals surface area contributed by atoms with E-state index in [-0.39, 0.29) is 6.04 Å². The molecular weight excluding hydrogens is 220 g/mol. The molecule has 0 spiro atoms. The molecule has 2 aromatic heterocycles. The zero-order chi connectivity index (χ0) is 11.1. The van der Waals surface area contributed by atoms with E-state index in [1.807, 2.05) is 19.4 Å². The Labute approximate surface area is 98.1 Å². The fraction of sp³-hybridized carbons (Fsp3) is 0.455. The van der Waals surface area contributed by atoms with E-state index >= 15 is 0 Å². The van der Waals surface area contributed by atoms with Crippen LogP contribution in [0.15, 0.2) is 12.4 Å². The molecule has 0 aromatic carbocycles. The fourth-order valence-corrected chi connectivity index (χ4v) is 3.26. The summed E-state index contributed by atoms with van der Waals surface area (Å²) >= 11 is 1.76. The Bertz CT molecular complexity index is 514. The standard InChI is InChI=1S/C11H14N4S/c1-15-6-7(5-13-15)11-14-10-8(12)3-2-4-9(10)16-11/h5-6,8H,2-4,12H2,1H3. The van der Waals surface area contributed by atoms with Crippen molar-refractivity contribution in [3.8, 4) is 10.6 Å². The monoisotopic (exact) mass is 234 g/mol. The minimum absolute atomic E-state index is 0.130. The van der Waals surface area contributed by atoms with Gasteiger partial charge in [-0.15, -0.1) is 11.3 Å². The molecule has 0 radical (unpaired) electrons. The summed E-state index contributed by atoms with van der Waals surface area (Å²) in [7, 11) is 1.92. The second-order valence-corrected chi connectivity index (χ2v) is 5.31. The first-order valence-electron chi connectivity index (χ1n) is 5.48. The summed E-state index contributed by atoms with van der Waals surface area (Å²) in [6.07, 6.45) is 7.22. The van der Waals surface area contributed by atoms with Crippen LogP contribution in [0.1, 0.15) is 29.5 Å². The second-order valence-electron chi connectivity index (χ2n) is 4.23. The molecule has 5 heteroatoms. The van der Waals surface area contributed by atoms with Crippen LogP contribution in [0.5, 0.6) is 0 Å². The molecule has 0 aliphatic heterocycles. The highest BCUT2D eigenvalue weighted by Gasteiger charge is 2.22. The summed E-state index contributed by atoms with van der Waals surface area (Å²) in [4.78, 5) is 6.01. The molecule has 1 aliphatic carbocycles. The molecule has 1 unspecified atom stereocenters. The predicted octanol–water partition coefficient (Wildman–Crippen LogP) is 1.88. The van der Waals surface area contributed by atoms with E-state index < -0.39 is 0 Å². The maximum Gasteiger partial charge on any atom is 0.127 e. The van der Waals surface area contributed by atoms with Crippen LogP contribution in [0.4, 0.5) is 0 Å². The summed E-state index contributed by atoms with van der Waals surface area (Å²) in [6.45, 7) is 0. The first-order valence-corrected chi connectivity index (χ1v) is 6.30. The molecule has 2 N–H and O–H groups in total. The number of nitrogens with zero attached hydrogens (tertiary/aromatic N) is 3. The van der Waals surface area contributed by atoms with Crippen molar-refractivity contribution >= 4 is 11.3 Å². The normalized spacial score (nSPS) is 19.8. The first kappa shape index (κ1) is 9.99. The van der Waals surface area contributed by atoms with Crippen molar-refractivity contribution in [1.29, 1.82) is 0 Å². The lowest BCUT2D eigenvalue weighted by molar-refractivity contribution is 0.564. The molecule has 1 aliphatic rings. The lowest BCUT2D eigenvalue weighted by atomic mass is 9.99. The fourth-order valence-electron chi connectivity index (χ4n) is 2.11. The van der Waals surface area contributed by atoms with Crippen molar-refractivity contribution in [2.45, 2.75) is 25.3 Å². The topological polar surface area (TPSA) is 56.7 Å². The molecule has 0 saturated carbocycles. The van der Waals surface area contributed by atoms with Gasteiger partial charge in [0.15, 0.2) is 0 Å². The number of rotatable bonds is 1. The summed E-state index contributed by atoms with van der Waals surface area (Å²) in [5.74, 6) is 0. The van der Waals surface area contributed by atoms with Gasteiger partial charge in [-0.25, -0.2) is 4.98 Å². The molecule has 0 bridgehead atoms. The maximum absolute atomic E-state index is 6.07. The van der Waals surface area contributed by atoms with E-state index in [4.69, 9.17) is 5.73 Å². The summed E-state index contributed by atoms with van der Waals surface area (Å²) in [5.41, 5.74) is 8.26. The van der Waals surface area contributed by atoms with Crippen molar-refractivity contribution in [3.05, 3.63) is 23.0 Å². The average molecular weight is 234 g/mol. The number of thiazole rings is 1. The SMILES string of the molecule is Cn1cc(-c2nc3c(s2)CCCC3N)cn1. The Kier molecular flexibility index (Phi) is 2.29. The van der Waals surface area contributed by atoms with Gasteiger partial charge in [-0.3, -0.25) is 4.68 Å². The summed E-state index contributed by atoms with van der Waals surface area (Å²) in [6, 6.07) is 0.130. The van der Waals surface area contributed by atoms with E-state index in [1.54, 1.807) is 16.0 Å². The highest BCUT2D eigenvalue weighted by atomic mass is 32.1. The minimum Gasteiger partial charge on any atom is -0.323 e. The zero-order valence-corrected chi connectivity index (χ0v) is 10.00. The lowest BCUT2D eigenvalue weighted by Crippen LogP contribution is -2.16. The maximum atomic E-state index is 6.07. The number of fused-ring (bicyclic) bond motifs is 1. The molecule has 2 aromatic rings. The van der Waals surface area contributed by atoms with E-state index in [0.717, 1.165) is 29.1 Å². The molecule has 1 atom stereocenters. The van der Waals surface area contributed by atoms with Crippen molar-refractivity contribution in [2.24, 2.45) is 12.8 Å². The third kappa shape index (κ3) is 1.56. The van der Waals surface area contributed by atoms with Gasteiger partial charge >= 0.3 is 0 Å². The van der Waals surface area contributed by atoms with E-state index in [1.165, 1.54) is 11.3 Å². The molecule has 3 rings (SSSR count). The third-order valence-corrected chi connectivity index (χ3v) is 4.13. The second kappa shape index (κ2) is 3.68. The summed E-state index contributed by atoms with van der Waals surface area (Å²) < 4.78 is 1.80. The van der Waals surface area contributed by atoms with Crippen molar-refractivity contribution in [3.63, 3.8) is 0 Å². The highest BCUT2D eigenvalue weighted by Crippen LogP contribution is 2.35. The Balaban J connectivity index is 2.04. The molecule has 16 heavy (non-hydrogen) atoms. The van der Waals surface area contributed by atoms with Gasteiger partial charge < -0.3 is 5.73 Å². The van der Waals surface area contributed by atoms with Crippen molar-refractivity contribution in [1.82, 2.24) is 14.8 Å². The number of aryl methyl sites for hydroxylation is 2. The number of nitrogens with two attached hydrogens (primary N) is 1. The summed E-state index contributed by atoms with van der Waals surface area (Å²) in [5, 5.41) is 5.22. The van der Waals surface area contributed by atoms with Gasteiger partial charge in [0.05, 0.1) is 11.9 Å². The van der Waals surface area contributed by atoms with Crippen LogP contribution in [-0.2, 0) is 13.5 Å². The van der Waals surface area contributed by atoms with Crippen LogP contribution in [0.25, 0.3) is 10.6 Å². The van der Waals surface area contributed by atoms with Crippen LogP contribution in [0.3, 0.4) is 0 Å². The number of hydrogen-bond acceptors (Lipinski definition) is 4. The smallest absolute Gasteiger partial charge is 0.127 e. The van der Waals surface area contributed by atoms with Crippen LogP contribution < -0.4 is 5.73 Å². The number of hydrogen-bond donors (Lipinski definition) is 1. The van der Waals surface area contributed by atoms with Crippen LogP contribution in [0, 0.1) is 0 Å². The lowest BCUT2D eigenvalue weighted by Gasteiger charge is -2.15. The van der Waals surface area contributed by atoms with Gasteiger partial charge in [-0.05, 0) is 19.3 Å².